The third-order valence-corrected chi connectivity index (χ3v) is 2.78. The maximum absolute atomic E-state index is 12.9. The van der Waals surface area contributed by atoms with Crippen molar-refractivity contribution in [3.05, 3.63) is 42.9 Å². The summed E-state index contributed by atoms with van der Waals surface area (Å²) < 4.78 is 17.8. The van der Waals surface area contributed by atoms with E-state index in [2.05, 4.69) is 9.59 Å². The van der Waals surface area contributed by atoms with E-state index >= 15 is 0 Å². The topological polar surface area (TPSA) is 80.6 Å². The molecule has 9 heteroatoms. The minimum atomic E-state index is -1.05. The molecule has 0 saturated heterocycles. The number of hydrogen-bond donors (Lipinski definition) is 1. The number of halogens is 2. The lowest BCUT2D eigenvalue weighted by molar-refractivity contribution is 0.564. The molecule has 16 heavy (non-hydrogen) atoms. The van der Waals surface area contributed by atoms with E-state index in [1.165, 1.54) is 0 Å². The molecule has 0 aromatic carbocycles. The molecule has 0 aliphatic heterocycles. The zero-order valence-electron chi connectivity index (χ0n) is 7.61. The van der Waals surface area contributed by atoms with Crippen molar-refractivity contribution in [2.75, 3.05) is 0 Å². The molecule has 0 aliphatic rings. The summed E-state index contributed by atoms with van der Waals surface area (Å²) in [4.78, 5) is 23.9. The number of rotatable bonds is 2. The molecule has 84 valence electrons. The first-order valence-corrected chi connectivity index (χ1v) is 5.19. The van der Waals surface area contributed by atoms with Crippen LogP contribution in [0.15, 0.2) is 15.8 Å². The minimum absolute atomic E-state index is 0.0398. The highest BCUT2D eigenvalue weighted by molar-refractivity contribution is 7.10. The Bertz CT molecular complexity index is 634. The molecule has 2 aromatic rings. The molecule has 0 amide bonds. The van der Waals surface area contributed by atoms with E-state index < -0.39 is 17.1 Å². The van der Waals surface area contributed by atoms with Crippen LogP contribution in [0.5, 0.6) is 0 Å². The van der Waals surface area contributed by atoms with Crippen LogP contribution in [0.25, 0.3) is 0 Å². The average molecular weight is 263 g/mol. The standard InChI is InChI=1S/C7H4ClFN4O2S/c8-5-4(11-12-16-5)2-13-1-3(9)6(14)10-7(13)15/h1H,2H2,(H,10,14,15). The monoisotopic (exact) mass is 262 g/mol. The smallest absolute Gasteiger partial charge is 0.291 e. The first-order chi connectivity index (χ1) is 7.58. The summed E-state index contributed by atoms with van der Waals surface area (Å²) in [6, 6.07) is 0. The van der Waals surface area contributed by atoms with Crippen molar-refractivity contribution >= 4 is 23.1 Å². The summed E-state index contributed by atoms with van der Waals surface area (Å²) in [5.74, 6) is -1.04. The minimum Gasteiger partial charge on any atom is -0.291 e. The van der Waals surface area contributed by atoms with Gasteiger partial charge in [-0.3, -0.25) is 14.3 Å². The highest BCUT2D eigenvalue weighted by Crippen LogP contribution is 2.17. The van der Waals surface area contributed by atoms with E-state index in [0.29, 0.717) is 10.0 Å². The molecule has 1 N–H and O–H groups in total. The number of hydrogen-bond acceptors (Lipinski definition) is 5. The van der Waals surface area contributed by atoms with Gasteiger partial charge in [0.15, 0.2) is 0 Å². The van der Waals surface area contributed by atoms with Crippen LogP contribution in [0.3, 0.4) is 0 Å². The Kier molecular flexibility index (Phi) is 2.84. The predicted molar refractivity (Wildman–Crippen MR) is 55.3 cm³/mol. The second-order valence-electron chi connectivity index (χ2n) is 2.86. The molecule has 0 bridgehead atoms. The number of nitrogens with zero attached hydrogens (tertiary/aromatic N) is 3. The predicted octanol–water partition coefficient (Wildman–Crippen LogP) is 0.229. The number of aromatic amines is 1. The Morgan fingerprint density at radius 1 is 1.56 bits per heavy atom. The first-order valence-electron chi connectivity index (χ1n) is 4.04. The van der Waals surface area contributed by atoms with Crippen LogP contribution in [0, 0.1) is 5.82 Å². The third-order valence-electron chi connectivity index (χ3n) is 1.80. The van der Waals surface area contributed by atoms with Gasteiger partial charge in [0, 0.05) is 11.5 Å². The zero-order chi connectivity index (χ0) is 11.7. The van der Waals surface area contributed by atoms with Gasteiger partial charge in [0.1, 0.15) is 10.0 Å². The van der Waals surface area contributed by atoms with Crippen LogP contribution in [0.4, 0.5) is 4.39 Å². The normalized spacial score (nSPS) is 10.6. The van der Waals surface area contributed by atoms with Crippen molar-refractivity contribution in [1.82, 2.24) is 19.1 Å². The second-order valence-corrected chi connectivity index (χ2v) is 4.21. The van der Waals surface area contributed by atoms with E-state index in [4.69, 9.17) is 11.6 Å². The lowest BCUT2D eigenvalue weighted by Crippen LogP contribution is -2.31. The second kappa shape index (κ2) is 4.14. The van der Waals surface area contributed by atoms with Gasteiger partial charge in [0.05, 0.1) is 12.7 Å². The fourth-order valence-corrected chi connectivity index (χ4v) is 1.66. The Hall–Kier alpha value is -1.54. The first kappa shape index (κ1) is 11.0. The van der Waals surface area contributed by atoms with E-state index in [-0.39, 0.29) is 6.54 Å². The van der Waals surface area contributed by atoms with Gasteiger partial charge in [-0.1, -0.05) is 16.1 Å². The van der Waals surface area contributed by atoms with Crippen LogP contribution in [0.1, 0.15) is 5.69 Å². The molecule has 0 unspecified atom stereocenters. The Morgan fingerprint density at radius 2 is 2.31 bits per heavy atom. The average Bonchev–Trinajstić information content (AvgIpc) is 2.61. The zero-order valence-corrected chi connectivity index (χ0v) is 9.18. The highest BCUT2D eigenvalue weighted by Gasteiger charge is 2.09. The van der Waals surface area contributed by atoms with Gasteiger partial charge in [-0.25, -0.2) is 4.79 Å². The summed E-state index contributed by atoms with van der Waals surface area (Å²) in [6.45, 7) is -0.0398. The van der Waals surface area contributed by atoms with Gasteiger partial charge in [0.25, 0.3) is 5.56 Å². The van der Waals surface area contributed by atoms with Crippen molar-refractivity contribution in [2.24, 2.45) is 0 Å². The van der Waals surface area contributed by atoms with Gasteiger partial charge in [-0.2, -0.15) is 4.39 Å². The molecule has 0 fully saturated rings. The Balaban J connectivity index is 2.43. The summed E-state index contributed by atoms with van der Waals surface area (Å²) in [5, 5.41) is 3.67. The fourth-order valence-electron chi connectivity index (χ4n) is 1.05. The molecule has 2 heterocycles. The van der Waals surface area contributed by atoms with Crippen LogP contribution >= 0.6 is 23.1 Å². The Labute approximate surface area is 96.5 Å². The van der Waals surface area contributed by atoms with Gasteiger partial charge in [0.2, 0.25) is 5.82 Å². The van der Waals surface area contributed by atoms with E-state index in [0.717, 1.165) is 22.3 Å². The van der Waals surface area contributed by atoms with Crippen molar-refractivity contribution in [3.8, 4) is 0 Å². The molecular weight excluding hydrogens is 259 g/mol. The third kappa shape index (κ3) is 2.02. The van der Waals surface area contributed by atoms with Crippen LogP contribution < -0.4 is 11.2 Å². The molecular formula is C7H4ClFN4O2S. The number of nitrogens with one attached hydrogen (secondary N) is 1. The van der Waals surface area contributed by atoms with Crippen LogP contribution in [0.2, 0.25) is 4.34 Å². The maximum atomic E-state index is 12.9. The lowest BCUT2D eigenvalue weighted by Gasteiger charge is -2.01. The molecule has 2 aromatic heterocycles. The molecule has 6 nitrogen and oxygen atoms in total. The maximum Gasteiger partial charge on any atom is 0.328 e. The van der Waals surface area contributed by atoms with Crippen LogP contribution in [-0.2, 0) is 6.54 Å². The van der Waals surface area contributed by atoms with Gasteiger partial charge < -0.3 is 0 Å². The quantitative estimate of drug-likeness (QED) is 0.840. The fraction of sp³-hybridized carbons (Fsp3) is 0.143. The summed E-state index contributed by atoms with van der Waals surface area (Å²) in [7, 11) is 0. The molecule has 0 saturated carbocycles. The largest absolute Gasteiger partial charge is 0.328 e. The van der Waals surface area contributed by atoms with Crippen molar-refractivity contribution in [2.45, 2.75) is 6.54 Å². The Morgan fingerprint density at radius 3 is 2.94 bits per heavy atom. The van der Waals surface area contributed by atoms with E-state index in [9.17, 15) is 14.0 Å². The molecule has 0 aliphatic carbocycles. The molecule has 0 spiro atoms. The van der Waals surface area contributed by atoms with Crippen LogP contribution in [-0.4, -0.2) is 19.1 Å². The summed E-state index contributed by atoms with van der Waals surface area (Å²) >= 11 is 6.69. The van der Waals surface area contributed by atoms with E-state index in [1.807, 2.05) is 4.98 Å². The van der Waals surface area contributed by atoms with Gasteiger partial charge in [-0.15, -0.1) is 5.10 Å². The molecule has 0 atom stereocenters. The number of aromatic nitrogens is 4. The summed E-state index contributed by atoms with van der Waals surface area (Å²) in [6.07, 6.45) is 0.802. The lowest BCUT2D eigenvalue weighted by atomic mass is 10.4. The van der Waals surface area contributed by atoms with E-state index in [1.54, 1.807) is 0 Å². The van der Waals surface area contributed by atoms with Crippen molar-refractivity contribution < 1.29 is 4.39 Å². The molecule has 2 rings (SSSR count). The van der Waals surface area contributed by atoms with Gasteiger partial charge in [-0.05, 0) is 0 Å². The molecule has 0 radical (unpaired) electrons. The van der Waals surface area contributed by atoms with Gasteiger partial charge >= 0.3 is 5.69 Å². The number of H-pyrrole nitrogens is 1. The van der Waals surface area contributed by atoms with Crippen molar-refractivity contribution in [1.29, 1.82) is 0 Å². The SMILES string of the molecule is O=c1[nH]c(=O)n(Cc2nnsc2Cl)cc1F. The summed E-state index contributed by atoms with van der Waals surface area (Å²) in [5.41, 5.74) is -1.43. The van der Waals surface area contributed by atoms with Crippen molar-refractivity contribution in [3.63, 3.8) is 0 Å². The highest BCUT2D eigenvalue weighted by atomic mass is 35.5.